The summed E-state index contributed by atoms with van der Waals surface area (Å²) in [4.78, 5) is 26.0. The lowest BCUT2D eigenvalue weighted by molar-refractivity contribution is -0.123. The van der Waals surface area contributed by atoms with Crippen molar-refractivity contribution in [3.8, 4) is 0 Å². The molecule has 1 aliphatic heterocycles. The summed E-state index contributed by atoms with van der Waals surface area (Å²) < 4.78 is 15.9. The molecule has 0 atom stereocenters. The molecule has 1 aromatic heterocycles. The number of para-hydroxylation sites is 1. The van der Waals surface area contributed by atoms with Crippen LogP contribution in [0.5, 0.6) is 0 Å². The van der Waals surface area contributed by atoms with Gasteiger partial charge in [0.2, 0.25) is 0 Å². The smallest absolute Gasteiger partial charge is 0.329 e. The molecule has 4 rings (SSSR count). The Balaban J connectivity index is 1.67. The highest BCUT2D eigenvalue weighted by Gasteiger charge is 2.34. The van der Waals surface area contributed by atoms with Crippen molar-refractivity contribution in [1.82, 2.24) is 14.8 Å². The number of aromatic nitrogens is 1. The summed E-state index contributed by atoms with van der Waals surface area (Å²) in [7, 11) is 0. The number of carbonyl (C=O) groups is 2. The molecule has 2 heterocycles. The monoisotopic (exact) mass is 375 g/mol. The molecule has 6 heteroatoms. The molecule has 1 aliphatic rings. The molecule has 0 unspecified atom stereocenters. The average Bonchev–Trinajstić information content (AvgIpc) is 3.16. The molecular formula is C22H18FN3O2. The van der Waals surface area contributed by atoms with Crippen LogP contribution in [0.15, 0.2) is 73.1 Å². The fraction of sp³-hybridized carbons (Fsp3) is 0.0909. The van der Waals surface area contributed by atoms with Gasteiger partial charge in [-0.05, 0) is 18.2 Å². The first-order chi connectivity index (χ1) is 13.6. The lowest BCUT2D eigenvalue weighted by Gasteiger charge is -2.12. The highest BCUT2D eigenvalue weighted by atomic mass is 19.1. The highest BCUT2D eigenvalue weighted by Crippen LogP contribution is 2.25. The van der Waals surface area contributed by atoms with Gasteiger partial charge in [0.25, 0.3) is 5.91 Å². The number of rotatable bonds is 5. The summed E-state index contributed by atoms with van der Waals surface area (Å²) in [5.41, 5.74) is 2.28. The minimum atomic E-state index is -0.561. The largest absolute Gasteiger partial charge is 0.343 e. The Labute approximate surface area is 161 Å². The second-order valence-corrected chi connectivity index (χ2v) is 6.51. The zero-order chi connectivity index (χ0) is 19.7. The molecule has 0 spiro atoms. The van der Waals surface area contributed by atoms with Gasteiger partial charge in [-0.3, -0.25) is 9.69 Å². The topological polar surface area (TPSA) is 54.3 Å². The molecular weight excluding hydrogens is 357 g/mol. The molecule has 28 heavy (non-hydrogen) atoms. The van der Waals surface area contributed by atoms with Crippen LogP contribution < -0.4 is 5.32 Å². The van der Waals surface area contributed by atoms with E-state index in [1.165, 1.54) is 6.07 Å². The fourth-order valence-electron chi connectivity index (χ4n) is 3.35. The van der Waals surface area contributed by atoms with Crippen LogP contribution >= 0.6 is 0 Å². The number of nitrogens with zero attached hydrogens (tertiary/aromatic N) is 2. The lowest BCUT2D eigenvalue weighted by atomic mass is 10.1. The van der Waals surface area contributed by atoms with Crippen molar-refractivity contribution in [2.24, 2.45) is 0 Å². The molecule has 0 radical (unpaired) electrons. The third-order valence-electron chi connectivity index (χ3n) is 4.69. The van der Waals surface area contributed by atoms with E-state index in [4.69, 9.17) is 0 Å². The van der Waals surface area contributed by atoms with Gasteiger partial charge >= 0.3 is 6.03 Å². The van der Waals surface area contributed by atoms with Crippen molar-refractivity contribution in [2.45, 2.75) is 13.1 Å². The Morgan fingerprint density at radius 1 is 1.07 bits per heavy atom. The summed E-state index contributed by atoms with van der Waals surface area (Å²) in [6.07, 6.45) is 5.36. The Kier molecular flexibility index (Phi) is 4.53. The number of amides is 3. The number of hydrogen-bond donors (Lipinski definition) is 1. The van der Waals surface area contributed by atoms with Gasteiger partial charge in [0.05, 0.1) is 6.54 Å². The lowest BCUT2D eigenvalue weighted by Crippen LogP contribution is -2.30. The van der Waals surface area contributed by atoms with Crippen LogP contribution in [0.1, 0.15) is 11.1 Å². The molecule has 2 aromatic carbocycles. The molecule has 0 bridgehead atoms. The molecule has 1 N–H and O–H groups in total. The first-order valence-electron chi connectivity index (χ1n) is 8.85. The fourth-order valence-corrected chi connectivity index (χ4v) is 3.35. The van der Waals surface area contributed by atoms with Crippen molar-refractivity contribution >= 4 is 28.9 Å². The van der Waals surface area contributed by atoms with E-state index in [1.54, 1.807) is 30.4 Å². The van der Waals surface area contributed by atoms with Crippen molar-refractivity contribution in [1.29, 1.82) is 0 Å². The third-order valence-corrected chi connectivity index (χ3v) is 4.69. The third kappa shape index (κ3) is 3.09. The summed E-state index contributed by atoms with van der Waals surface area (Å²) in [5, 5.41) is 3.56. The van der Waals surface area contributed by atoms with E-state index < -0.39 is 17.8 Å². The van der Waals surface area contributed by atoms with Crippen molar-refractivity contribution in [3.63, 3.8) is 0 Å². The second kappa shape index (κ2) is 7.15. The van der Waals surface area contributed by atoms with E-state index in [0.29, 0.717) is 6.54 Å². The maximum atomic E-state index is 13.9. The maximum absolute atomic E-state index is 13.9. The molecule has 5 nitrogen and oxygen atoms in total. The van der Waals surface area contributed by atoms with Gasteiger partial charge in [-0.1, -0.05) is 42.5 Å². The quantitative estimate of drug-likeness (QED) is 0.415. The number of urea groups is 1. The van der Waals surface area contributed by atoms with Crippen molar-refractivity contribution in [3.05, 3.63) is 90.0 Å². The van der Waals surface area contributed by atoms with E-state index in [2.05, 4.69) is 11.9 Å². The van der Waals surface area contributed by atoms with Gasteiger partial charge in [-0.15, -0.1) is 6.58 Å². The molecule has 0 saturated carbocycles. The summed E-state index contributed by atoms with van der Waals surface area (Å²) >= 11 is 0. The van der Waals surface area contributed by atoms with Crippen LogP contribution in [-0.4, -0.2) is 21.4 Å². The van der Waals surface area contributed by atoms with Crippen LogP contribution in [0.25, 0.3) is 17.0 Å². The van der Waals surface area contributed by atoms with Gasteiger partial charge in [-0.2, -0.15) is 0 Å². The van der Waals surface area contributed by atoms with Crippen molar-refractivity contribution < 1.29 is 14.0 Å². The molecule has 3 amide bonds. The Morgan fingerprint density at radius 2 is 1.82 bits per heavy atom. The number of halogens is 1. The van der Waals surface area contributed by atoms with E-state index in [1.807, 2.05) is 35.0 Å². The van der Waals surface area contributed by atoms with Crippen molar-refractivity contribution in [2.75, 3.05) is 0 Å². The average molecular weight is 375 g/mol. The van der Waals surface area contributed by atoms with Gasteiger partial charge < -0.3 is 9.88 Å². The Morgan fingerprint density at radius 3 is 2.61 bits per heavy atom. The molecule has 1 fully saturated rings. The zero-order valence-corrected chi connectivity index (χ0v) is 15.1. The minimum Gasteiger partial charge on any atom is -0.343 e. The SMILES string of the molecule is C=CCn1cc(/C=C2/NC(=O)N(Cc3ccccc3F)C2=O)c2ccccc21. The van der Waals surface area contributed by atoms with Crippen LogP contribution in [0.2, 0.25) is 0 Å². The number of nitrogens with one attached hydrogen (secondary N) is 1. The van der Waals surface area contributed by atoms with E-state index in [9.17, 15) is 14.0 Å². The van der Waals surface area contributed by atoms with Crippen LogP contribution in [-0.2, 0) is 17.9 Å². The number of fused-ring (bicyclic) bond motifs is 1. The minimum absolute atomic E-state index is 0.118. The normalized spacial score (nSPS) is 15.5. The maximum Gasteiger partial charge on any atom is 0.329 e. The highest BCUT2D eigenvalue weighted by molar-refractivity contribution is 6.14. The van der Waals surface area contributed by atoms with E-state index in [-0.39, 0.29) is 17.8 Å². The molecule has 3 aromatic rings. The van der Waals surface area contributed by atoms with Gasteiger partial charge in [0.1, 0.15) is 11.5 Å². The van der Waals surface area contributed by atoms with Crippen LogP contribution in [0.3, 0.4) is 0 Å². The number of allylic oxidation sites excluding steroid dienone is 1. The van der Waals surface area contributed by atoms with Gasteiger partial charge in [0.15, 0.2) is 0 Å². The standard InChI is InChI=1S/C22H18FN3O2/c1-2-11-25-13-16(17-8-4-6-10-20(17)25)12-19-21(27)26(22(28)24-19)14-15-7-3-5-9-18(15)23/h2-10,12-13H,1,11,14H2,(H,24,28)/b19-12+. The second-order valence-electron chi connectivity index (χ2n) is 6.51. The van der Waals surface area contributed by atoms with Gasteiger partial charge in [0, 0.05) is 34.8 Å². The van der Waals surface area contributed by atoms with Crippen LogP contribution in [0.4, 0.5) is 9.18 Å². The number of benzene rings is 2. The number of carbonyl (C=O) groups excluding carboxylic acids is 2. The molecule has 0 aliphatic carbocycles. The summed E-state index contributed by atoms with van der Waals surface area (Å²) in [5.74, 6) is -0.929. The number of imide groups is 1. The van der Waals surface area contributed by atoms with E-state index >= 15 is 0 Å². The Hall–Kier alpha value is -3.67. The summed E-state index contributed by atoms with van der Waals surface area (Å²) in [6.45, 7) is 4.28. The Bertz CT molecular complexity index is 1130. The van der Waals surface area contributed by atoms with Gasteiger partial charge in [-0.25, -0.2) is 9.18 Å². The first-order valence-corrected chi connectivity index (χ1v) is 8.85. The predicted octanol–water partition coefficient (Wildman–Crippen LogP) is 4.06. The zero-order valence-electron chi connectivity index (χ0n) is 15.1. The molecule has 1 saturated heterocycles. The van der Waals surface area contributed by atoms with Crippen LogP contribution in [0, 0.1) is 5.82 Å². The molecule has 140 valence electrons. The first kappa shape index (κ1) is 17.7. The predicted molar refractivity (Wildman–Crippen MR) is 106 cm³/mol. The van der Waals surface area contributed by atoms with E-state index in [0.717, 1.165) is 21.4 Å². The summed E-state index contributed by atoms with van der Waals surface area (Å²) in [6, 6.07) is 13.3. The number of hydrogen-bond acceptors (Lipinski definition) is 2.